The van der Waals surface area contributed by atoms with E-state index < -0.39 is 0 Å². The van der Waals surface area contributed by atoms with E-state index in [1.165, 1.54) is 0 Å². The molecular formula is C42H27N3O. The molecule has 4 heteroatoms. The van der Waals surface area contributed by atoms with Gasteiger partial charge in [-0.2, -0.15) is 0 Å². The quantitative estimate of drug-likeness (QED) is 0.200. The van der Waals surface area contributed by atoms with E-state index in [0.29, 0.717) is 5.82 Å². The smallest absolute Gasteiger partial charge is 0.161 e. The second kappa shape index (κ2) is 10.7. The second-order valence-electron chi connectivity index (χ2n) is 11.4. The Morgan fingerprint density at radius 1 is 0.500 bits per heavy atom. The fourth-order valence-corrected chi connectivity index (χ4v) is 6.59. The molecule has 46 heavy (non-hydrogen) atoms. The minimum absolute atomic E-state index is 0.664. The van der Waals surface area contributed by atoms with Crippen LogP contribution in [0.15, 0.2) is 168 Å². The average Bonchev–Trinajstić information content (AvgIpc) is 3.53. The van der Waals surface area contributed by atoms with E-state index in [0.717, 1.165) is 77.5 Å². The summed E-state index contributed by atoms with van der Waals surface area (Å²) in [5, 5.41) is 5.16. The minimum atomic E-state index is 0.664. The van der Waals surface area contributed by atoms with Crippen LogP contribution < -0.4 is 4.90 Å². The van der Waals surface area contributed by atoms with Gasteiger partial charge in [0.25, 0.3) is 0 Å². The van der Waals surface area contributed by atoms with Gasteiger partial charge in [-0.3, -0.25) is 0 Å². The number of furan rings is 1. The molecule has 0 bridgehead atoms. The molecule has 0 fully saturated rings. The highest BCUT2D eigenvalue weighted by molar-refractivity contribution is 6.24. The van der Waals surface area contributed by atoms with Gasteiger partial charge in [-0.25, -0.2) is 9.97 Å². The van der Waals surface area contributed by atoms with Crippen molar-refractivity contribution >= 4 is 60.7 Å². The van der Waals surface area contributed by atoms with Crippen LogP contribution in [0.2, 0.25) is 0 Å². The van der Waals surface area contributed by atoms with Gasteiger partial charge >= 0.3 is 0 Å². The summed E-state index contributed by atoms with van der Waals surface area (Å²) in [6.07, 6.45) is 0. The van der Waals surface area contributed by atoms with Gasteiger partial charge in [0.1, 0.15) is 11.2 Å². The van der Waals surface area contributed by atoms with Gasteiger partial charge in [-0.1, -0.05) is 115 Å². The molecule has 0 aliphatic carbocycles. The molecule has 0 saturated carbocycles. The highest BCUT2D eigenvalue weighted by Gasteiger charge is 2.24. The fraction of sp³-hybridized carbons (Fsp3) is 0. The van der Waals surface area contributed by atoms with Gasteiger partial charge in [-0.15, -0.1) is 0 Å². The zero-order valence-electron chi connectivity index (χ0n) is 24.8. The van der Waals surface area contributed by atoms with Gasteiger partial charge < -0.3 is 9.32 Å². The Morgan fingerprint density at radius 2 is 1.13 bits per heavy atom. The molecule has 0 N–H and O–H groups in total. The highest BCUT2D eigenvalue weighted by Crippen LogP contribution is 2.47. The van der Waals surface area contributed by atoms with E-state index in [-0.39, 0.29) is 0 Å². The molecule has 0 spiro atoms. The van der Waals surface area contributed by atoms with Crippen molar-refractivity contribution in [3.05, 3.63) is 164 Å². The zero-order valence-corrected chi connectivity index (χ0v) is 24.8. The van der Waals surface area contributed by atoms with Gasteiger partial charge in [0, 0.05) is 38.7 Å². The number of benzene rings is 7. The van der Waals surface area contributed by atoms with E-state index in [9.17, 15) is 0 Å². The Hall–Kier alpha value is -6.26. The monoisotopic (exact) mass is 589 g/mol. The van der Waals surface area contributed by atoms with Crippen LogP contribution >= 0.6 is 0 Å². The van der Waals surface area contributed by atoms with Gasteiger partial charge in [0.05, 0.1) is 22.3 Å². The maximum absolute atomic E-state index is 6.81. The van der Waals surface area contributed by atoms with Gasteiger partial charge in [-0.05, 0) is 53.9 Å². The van der Waals surface area contributed by atoms with Crippen molar-refractivity contribution in [2.75, 3.05) is 4.90 Å². The molecule has 0 radical (unpaired) electrons. The maximum Gasteiger partial charge on any atom is 0.161 e. The van der Waals surface area contributed by atoms with Gasteiger partial charge in [0.2, 0.25) is 0 Å². The van der Waals surface area contributed by atoms with Crippen LogP contribution in [0.5, 0.6) is 0 Å². The third kappa shape index (κ3) is 4.23. The Bertz CT molecular complexity index is 2480. The summed E-state index contributed by atoms with van der Waals surface area (Å²) in [5.74, 6) is 0.664. The van der Waals surface area contributed by atoms with E-state index in [2.05, 4.69) is 138 Å². The lowest BCUT2D eigenvalue weighted by Crippen LogP contribution is -2.10. The third-order valence-electron chi connectivity index (χ3n) is 8.63. The third-order valence-corrected chi connectivity index (χ3v) is 8.63. The Labute approximate surface area is 265 Å². The fourth-order valence-electron chi connectivity index (χ4n) is 6.59. The number of rotatable bonds is 5. The van der Waals surface area contributed by atoms with E-state index in [1.54, 1.807) is 0 Å². The summed E-state index contributed by atoms with van der Waals surface area (Å²) >= 11 is 0. The molecule has 4 nitrogen and oxygen atoms in total. The minimum Gasteiger partial charge on any atom is -0.455 e. The van der Waals surface area contributed by atoms with Crippen molar-refractivity contribution in [3.8, 4) is 22.6 Å². The number of para-hydroxylation sites is 3. The number of fused-ring (bicyclic) bond motifs is 6. The molecule has 9 aromatic rings. The lowest BCUT2D eigenvalue weighted by Gasteiger charge is -2.26. The standard InChI is InChI=1S/C42H27N3O/c1-4-15-28(16-5-1)40-33-23-12-13-24-35(33)43-42(44-40)34-27-29-17-10-11-22-32(29)41-38(34)39-36(25-14-26-37(39)46-41)45(30-18-6-2-7-19-30)31-20-8-3-9-21-31/h1-27H. The molecule has 216 valence electrons. The molecule has 0 saturated heterocycles. The summed E-state index contributed by atoms with van der Waals surface area (Å²) in [4.78, 5) is 12.8. The van der Waals surface area contributed by atoms with Crippen LogP contribution in [0.3, 0.4) is 0 Å². The largest absolute Gasteiger partial charge is 0.455 e. The van der Waals surface area contributed by atoms with E-state index >= 15 is 0 Å². The lowest BCUT2D eigenvalue weighted by atomic mass is 9.98. The molecular weight excluding hydrogens is 562 g/mol. The summed E-state index contributed by atoms with van der Waals surface area (Å²) in [5.41, 5.74) is 8.58. The lowest BCUT2D eigenvalue weighted by molar-refractivity contribution is 0.673. The van der Waals surface area contributed by atoms with Crippen LogP contribution in [-0.4, -0.2) is 9.97 Å². The molecule has 0 aliphatic rings. The molecule has 0 unspecified atom stereocenters. The molecule has 0 atom stereocenters. The van der Waals surface area contributed by atoms with Crippen molar-refractivity contribution in [2.24, 2.45) is 0 Å². The number of hydrogen-bond donors (Lipinski definition) is 0. The van der Waals surface area contributed by atoms with Crippen LogP contribution in [0.4, 0.5) is 17.1 Å². The van der Waals surface area contributed by atoms with E-state index in [4.69, 9.17) is 14.4 Å². The Kier molecular flexibility index (Phi) is 6.10. The topological polar surface area (TPSA) is 42.2 Å². The van der Waals surface area contributed by atoms with Crippen molar-refractivity contribution in [1.29, 1.82) is 0 Å². The van der Waals surface area contributed by atoms with Crippen LogP contribution in [0.1, 0.15) is 0 Å². The Morgan fingerprint density at radius 3 is 1.87 bits per heavy atom. The second-order valence-corrected chi connectivity index (χ2v) is 11.4. The highest BCUT2D eigenvalue weighted by atomic mass is 16.3. The van der Waals surface area contributed by atoms with Crippen molar-refractivity contribution < 1.29 is 4.42 Å². The van der Waals surface area contributed by atoms with Gasteiger partial charge in [0.15, 0.2) is 5.82 Å². The first-order valence-electron chi connectivity index (χ1n) is 15.4. The van der Waals surface area contributed by atoms with Crippen molar-refractivity contribution in [2.45, 2.75) is 0 Å². The first-order chi connectivity index (χ1) is 22.8. The maximum atomic E-state index is 6.81. The summed E-state index contributed by atoms with van der Waals surface area (Å²) in [6.45, 7) is 0. The predicted molar refractivity (Wildman–Crippen MR) is 190 cm³/mol. The first kappa shape index (κ1) is 26.2. The predicted octanol–water partition coefficient (Wildman–Crippen LogP) is 11.5. The normalized spacial score (nSPS) is 11.5. The molecule has 0 aliphatic heterocycles. The number of nitrogens with zero attached hydrogens (tertiary/aromatic N) is 3. The summed E-state index contributed by atoms with van der Waals surface area (Å²) in [7, 11) is 0. The zero-order chi connectivity index (χ0) is 30.5. The van der Waals surface area contributed by atoms with E-state index in [1.807, 2.05) is 30.3 Å². The molecule has 2 heterocycles. The summed E-state index contributed by atoms with van der Waals surface area (Å²) < 4.78 is 6.81. The van der Waals surface area contributed by atoms with Crippen molar-refractivity contribution in [3.63, 3.8) is 0 Å². The molecule has 9 rings (SSSR count). The molecule has 0 amide bonds. The summed E-state index contributed by atoms with van der Waals surface area (Å²) in [6, 6.07) is 56.5. The average molecular weight is 590 g/mol. The van der Waals surface area contributed by atoms with Crippen molar-refractivity contribution in [1.82, 2.24) is 9.97 Å². The Balaban J connectivity index is 1.42. The number of aromatic nitrogens is 2. The van der Waals surface area contributed by atoms with Crippen LogP contribution in [0.25, 0.3) is 66.3 Å². The molecule has 7 aromatic carbocycles. The van der Waals surface area contributed by atoms with Crippen LogP contribution in [0, 0.1) is 0 Å². The number of anilines is 3. The first-order valence-corrected chi connectivity index (χ1v) is 15.4. The van der Waals surface area contributed by atoms with Crippen LogP contribution in [-0.2, 0) is 0 Å². The number of hydrogen-bond acceptors (Lipinski definition) is 4. The molecule has 2 aromatic heterocycles. The SMILES string of the molecule is c1ccc(-c2nc(-c3cc4ccccc4c4oc5cccc(N(c6ccccc6)c6ccccc6)c5c34)nc3ccccc23)cc1.